The third kappa shape index (κ3) is 1.88. The third-order valence-corrected chi connectivity index (χ3v) is 2.45. The van der Waals surface area contributed by atoms with Gasteiger partial charge in [-0.15, -0.1) is 0 Å². The summed E-state index contributed by atoms with van der Waals surface area (Å²) in [6, 6.07) is 0. The van der Waals surface area contributed by atoms with Crippen molar-refractivity contribution in [2.45, 2.75) is 25.3 Å². The molecular formula is C10H12F2N4. The number of hydrogen-bond donors (Lipinski definition) is 1. The van der Waals surface area contributed by atoms with E-state index in [0.29, 0.717) is 11.3 Å². The van der Waals surface area contributed by atoms with Gasteiger partial charge < -0.3 is 10.1 Å². The minimum absolute atomic E-state index is 0.0653. The SMILES string of the molecule is CC(N)(Cc1cnc2cnccn12)C(F)F. The molecule has 2 rings (SSSR count). The first-order chi connectivity index (χ1) is 7.50. The largest absolute Gasteiger partial charge is 0.320 e. The van der Waals surface area contributed by atoms with Crippen LogP contribution in [0.2, 0.25) is 0 Å². The van der Waals surface area contributed by atoms with Crippen LogP contribution in [-0.4, -0.2) is 26.3 Å². The van der Waals surface area contributed by atoms with Gasteiger partial charge in [0.05, 0.1) is 11.7 Å². The molecule has 0 aliphatic carbocycles. The Morgan fingerprint density at radius 2 is 2.25 bits per heavy atom. The van der Waals surface area contributed by atoms with Gasteiger partial charge in [0.2, 0.25) is 0 Å². The summed E-state index contributed by atoms with van der Waals surface area (Å²) in [4.78, 5) is 7.96. The zero-order valence-corrected chi connectivity index (χ0v) is 8.77. The van der Waals surface area contributed by atoms with E-state index in [1.807, 2.05) is 0 Å². The maximum absolute atomic E-state index is 12.6. The van der Waals surface area contributed by atoms with Crippen LogP contribution in [-0.2, 0) is 6.42 Å². The van der Waals surface area contributed by atoms with E-state index in [-0.39, 0.29) is 6.42 Å². The molecule has 6 heteroatoms. The Kier molecular flexibility index (Phi) is 2.59. The summed E-state index contributed by atoms with van der Waals surface area (Å²) in [5, 5.41) is 0. The minimum Gasteiger partial charge on any atom is -0.320 e. The molecule has 0 saturated carbocycles. The summed E-state index contributed by atoms with van der Waals surface area (Å²) in [5.74, 6) is 0. The summed E-state index contributed by atoms with van der Waals surface area (Å²) in [6.07, 6.45) is 3.87. The van der Waals surface area contributed by atoms with Gasteiger partial charge in [-0.25, -0.2) is 13.8 Å². The van der Waals surface area contributed by atoms with E-state index in [0.717, 1.165) is 0 Å². The lowest BCUT2D eigenvalue weighted by molar-refractivity contribution is 0.0633. The quantitative estimate of drug-likeness (QED) is 0.857. The van der Waals surface area contributed by atoms with Gasteiger partial charge in [-0.2, -0.15) is 0 Å². The lowest BCUT2D eigenvalue weighted by Gasteiger charge is -2.22. The molecule has 0 aliphatic heterocycles. The van der Waals surface area contributed by atoms with Crippen LogP contribution in [0.15, 0.2) is 24.8 Å². The van der Waals surface area contributed by atoms with Crippen LogP contribution in [0.5, 0.6) is 0 Å². The summed E-state index contributed by atoms with van der Waals surface area (Å²) in [6.45, 7) is 1.33. The number of aromatic nitrogens is 3. The fourth-order valence-electron chi connectivity index (χ4n) is 1.49. The van der Waals surface area contributed by atoms with Crippen molar-refractivity contribution in [1.29, 1.82) is 0 Å². The van der Waals surface area contributed by atoms with Crippen molar-refractivity contribution in [2.75, 3.05) is 0 Å². The van der Waals surface area contributed by atoms with Gasteiger partial charge in [0.25, 0.3) is 6.43 Å². The number of imidazole rings is 1. The number of rotatable bonds is 3. The van der Waals surface area contributed by atoms with Crippen molar-refractivity contribution in [1.82, 2.24) is 14.4 Å². The lowest BCUT2D eigenvalue weighted by Crippen LogP contribution is -2.46. The summed E-state index contributed by atoms with van der Waals surface area (Å²) < 4.78 is 27.0. The van der Waals surface area contributed by atoms with Crippen LogP contribution in [0.25, 0.3) is 5.65 Å². The first kappa shape index (κ1) is 10.9. The number of halogens is 2. The van der Waals surface area contributed by atoms with Gasteiger partial charge in [0.15, 0.2) is 5.65 Å². The van der Waals surface area contributed by atoms with Crippen LogP contribution in [0, 0.1) is 0 Å². The molecule has 86 valence electrons. The first-order valence-corrected chi connectivity index (χ1v) is 4.84. The molecule has 4 nitrogen and oxygen atoms in total. The average Bonchev–Trinajstić information content (AvgIpc) is 2.61. The highest BCUT2D eigenvalue weighted by atomic mass is 19.3. The van der Waals surface area contributed by atoms with Crippen LogP contribution < -0.4 is 5.73 Å². The van der Waals surface area contributed by atoms with Crippen molar-refractivity contribution in [3.8, 4) is 0 Å². The number of fused-ring (bicyclic) bond motifs is 1. The maximum Gasteiger partial charge on any atom is 0.256 e. The van der Waals surface area contributed by atoms with Crippen molar-refractivity contribution in [3.63, 3.8) is 0 Å². The van der Waals surface area contributed by atoms with Gasteiger partial charge in [0, 0.05) is 30.7 Å². The smallest absolute Gasteiger partial charge is 0.256 e. The van der Waals surface area contributed by atoms with Crippen LogP contribution in [0.1, 0.15) is 12.6 Å². The predicted octanol–water partition coefficient (Wildman–Crippen LogP) is 1.25. The monoisotopic (exact) mass is 226 g/mol. The standard InChI is InChI=1S/C10H12F2N4/c1-10(13,9(11)12)4-7-5-15-8-6-14-2-3-16(7)8/h2-3,5-6,9H,4,13H2,1H3. The van der Waals surface area contributed by atoms with Gasteiger partial charge in [-0.1, -0.05) is 0 Å². The van der Waals surface area contributed by atoms with E-state index >= 15 is 0 Å². The molecule has 0 aliphatic rings. The molecule has 1 unspecified atom stereocenters. The third-order valence-electron chi connectivity index (χ3n) is 2.45. The number of nitrogens with zero attached hydrogens (tertiary/aromatic N) is 3. The van der Waals surface area contributed by atoms with Gasteiger partial charge in [0.1, 0.15) is 0 Å². The highest BCUT2D eigenvalue weighted by Gasteiger charge is 2.31. The molecule has 2 N–H and O–H groups in total. The molecule has 0 saturated heterocycles. The van der Waals surface area contributed by atoms with Crippen LogP contribution in [0.4, 0.5) is 8.78 Å². The van der Waals surface area contributed by atoms with Crippen LogP contribution >= 0.6 is 0 Å². The molecule has 2 aromatic heterocycles. The number of hydrogen-bond acceptors (Lipinski definition) is 3. The summed E-state index contributed by atoms with van der Waals surface area (Å²) in [5.41, 5.74) is 5.28. The highest BCUT2D eigenvalue weighted by molar-refractivity contribution is 5.37. The lowest BCUT2D eigenvalue weighted by atomic mass is 9.98. The Balaban J connectivity index is 2.35. The van der Waals surface area contributed by atoms with E-state index in [2.05, 4.69) is 9.97 Å². The van der Waals surface area contributed by atoms with Crippen molar-refractivity contribution < 1.29 is 8.78 Å². The second kappa shape index (κ2) is 3.79. The highest BCUT2D eigenvalue weighted by Crippen LogP contribution is 2.18. The Morgan fingerprint density at radius 1 is 1.50 bits per heavy atom. The minimum atomic E-state index is -2.57. The molecular weight excluding hydrogens is 214 g/mol. The summed E-state index contributed by atoms with van der Waals surface area (Å²) >= 11 is 0. The van der Waals surface area contributed by atoms with E-state index < -0.39 is 12.0 Å². The van der Waals surface area contributed by atoms with Crippen molar-refractivity contribution >= 4 is 5.65 Å². The molecule has 0 radical (unpaired) electrons. The fraction of sp³-hybridized carbons (Fsp3) is 0.400. The Hall–Kier alpha value is -1.56. The van der Waals surface area contributed by atoms with Gasteiger partial charge in [-0.05, 0) is 6.92 Å². The summed E-state index contributed by atoms with van der Waals surface area (Å²) in [7, 11) is 0. The van der Waals surface area contributed by atoms with Gasteiger partial charge >= 0.3 is 0 Å². The normalized spacial score (nSPS) is 15.6. The molecule has 2 aromatic rings. The zero-order chi connectivity index (χ0) is 11.8. The average molecular weight is 226 g/mol. The van der Waals surface area contributed by atoms with Crippen LogP contribution in [0.3, 0.4) is 0 Å². The molecule has 1 atom stereocenters. The molecule has 0 spiro atoms. The van der Waals surface area contributed by atoms with Crippen molar-refractivity contribution in [2.24, 2.45) is 5.73 Å². The maximum atomic E-state index is 12.6. The van der Waals surface area contributed by atoms with E-state index in [9.17, 15) is 8.78 Å². The Bertz CT molecular complexity index is 492. The second-order valence-electron chi connectivity index (χ2n) is 4.04. The predicted molar refractivity (Wildman–Crippen MR) is 55.3 cm³/mol. The molecule has 2 heterocycles. The number of nitrogens with two attached hydrogens (primary N) is 1. The van der Waals surface area contributed by atoms with E-state index in [1.165, 1.54) is 6.92 Å². The van der Waals surface area contributed by atoms with Crippen molar-refractivity contribution in [3.05, 3.63) is 30.5 Å². The van der Waals surface area contributed by atoms with E-state index in [4.69, 9.17) is 5.73 Å². The molecule has 0 aromatic carbocycles. The Labute approximate surface area is 91.1 Å². The molecule has 0 bridgehead atoms. The molecule has 0 fully saturated rings. The molecule has 16 heavy (non-hydrogen) atoms. The second-order valence-corrected chi connectivity index (χ2v) is 4.04. The Morgan fingerprint density at radius 3 is 2.94 bits per heavy atom. The zero-order valence-electron chi connectivity index (χ0n) is 8.77. The fourth-order valence-corrected chi connectivity index (χ4v) is 1.49. The molecule has 0 amide bonds. The first-order valence-electron chi connectivity index (χ1n) is 4.84. The topological polar surface area (TPSA) is 56.2 Å². The van der Waals surface area contributed by atoms with E-state index in [1.54, 1.807) is 29.2 Å². The number of alkyl halides is 2. The van der Waals surface area contributed by atoms with Gasteiger partial charge in [-0.3, -0.25) is 4.98 Å².